The van der Waals surface area contributed by atoms with Gasteiger partial charge < -0.3 is 19.3 Å². The molecule has 1 aliphatic rings. The van der Waals surface area contributed by atoms with Gasteiger partial charge in [0.2, 0.25) is 0 Å². The predicted octanol–water partition coefficient (Wildman–Crippen LogP) is 6.68. The molecule has 1 N–H and O–H groups in total. The Morgan fingerprint density at radius 2 is 1.64 bits per heavy atom. The van der Waals surface area contributed by atoms with Crippen LogP contribution in [0, 0.1) is 0 Å². The molecule has 1 atom stereocenters. The zero-order valence-electron chi connectivity index (χ0n) is 22.9. The fraction of sp³-hybridized carbons (Fsp3) is 0.290. The lowest BCUT2D eigenvalue weighted by molar-refractivity contribution is -0.132. The van der Waals surface area contributed by atoms with Gasteiger partial charge in [-0.3, -0.25) is 14.5 Å². The number of halogens is 1. The number of aliphatic hydroxyl groups is 1. The number of hydrogen-bond acceptors (Lipinski definition) is 6. The number of hydrogen-bond donors (Lipinski definition) is 1. The average Bonchev–Trinajstić information content (AvgIpc) is 3.18. The Balaban J connectivity index is 1.97. The van der Waals surface area contributed by atoms with Crippen molar-refractivity contribution in [2.24, 2.45) is 0 Å². The SMILES string of the molecule is CCOc1cccc(N2C(=O)C(=O)/C(=C(/O)c3cc(Cl)c(OC)cc3OC)C2c2ccc(C(C)(C)C)cc2)c1. The Bertz CT molecular complexity index is 1440. The number of carbonyl (C=O) groups excluding carboxylic acids is 2. The second-order valence-corrected chi connectivity index (χ2v) is 10.6. The minimum atomic E-state index is -0.915. The molecule has 7 nitrogen and oxygen atoms in total. The third-order valence-corrected chi connectivity index (χ3v) is 6.97. The molecule has 0 saturated carbocycles. The molecular weight excluding hydrogens is 518 g/mol. The number of benzene rings is 3. The average molecular weight is 550 g/mol. The molecular formula is C31H32ClNO6. The molecule has 0 spiro atoms. The minimum absolute atomic E-state index is 0.0788. The summed E-state index contributed by atoms with van der Waals surface area (Å²) in [6, 6.07) is 16.7. The monoisotopic (exact) mass is 549 g/mol. The van der Waals surface area contributed by atoms with Gasteiger partial charge >= 0.3 is 0 Å². The van der Waals surface area contributed by atoms with E-state index >= 15 is 0 Å². The van der Waals surface area contributed by atoms with Crippen LogP contribution >= 0.6 is 11.6 Å². The summed E-state index contributed by atoms with van der Waals surface area (Å²) in [4.78, 5) is 28.5. The van der Waals surface area contributed by atoms with Gasteiger partial charge in [0.15, 0.2) is 0 Å². The van der Waals surface area contributed by atoms with E-state index in [0.29, 0.717) is 29.4 Å². The molecule has 1 heterocycles. The van der Waals surface area contributed by atoms with Gasteiger partial charge in [-0.2, -0.15) is 0 Å². The molecule has 8 heteroatoms. The molecule has 3 aromatic rings. The quantitative estimate of drug-likeness (QED) is 0.201. The summed E-state index contributed by atoms with van der Waals surface area (Å²) < 4.78 is 16.4. The zero-order chi connectivity index (χ0) is 28.5. The van der Waals surface area contributed by atoms with Crippen LogP contribution in [0.3, 0.4) is 0 Å². The number of rotatable bonds is 7. The Morgan fingerprint density at radius 1 is 0.974 bits per heavy atom. The Hall–Kier alpha value is -3.97. The molecule has 39 heavy (non-hydrogen) atoms. The maximum absolute atomic E-state index is 13.6. The molecule has 3 aromatic carbocycles. The van der Waals surface area contributed by atoms with Gasteiger partial charge in [0.1, 0.15) is 23.0 Å². The lowest BCUT2D eigenvalue weighted by Gasteiger charge is -2.27. The van der Waals surface area contributed by atoms with Gasteiger partial charge in [-0.1, -0.05) is 62.7 Å². The van der Waals surface area contributed by atoms with E-state index in [9.17, 15) is 14.7 Å². The van der Waals surface area contributed by atoms with Crippen molar-refractivity contribution < 1.29 is 28.9 Å². The van der Waals surface area contributed by atoms with Gasteiger partial charge in [-0.25, -0.2) is 0 Å². The van der Waals surface area contributed by atoms with Gasteiger partial charge in [0.05, 0.1) is 43.0 Å². The maximum Gasteiger partial charge on any atom is 0.300 e. The van der Waals surface area contributed by atoms with Crippen molar-refractivity contribution in [1.29, 1.82) is 0 Å². The molecule has 1 amide bonds. The standard InChI is InChI=1S/C31H32ClNO6/c1-7-39-21-10-8-9-20(15-21)33-27(18-11-13-19(14-12-18)31(2,3)4)26(29(35)30(33)36)28(34)22-16-23(32)25(38-6)17-24(22)37-5/h8-17,27,34H,7H2,1-6H3/b28-26+. The first-order chi connectivity index (χ1) is 18.5. The number of nitrogens with zero attached hydrogens (tertiary/aromatic N) is 1. The molecule has 0 aliphatic carbocycles. The molecule has 204 valence electrons. The summed E-state index contributed by atoms with van der Waals surface area (Å²) in [7, 11) is 2.89. The number of aliphatic hydroxyl groups excluding tert-OH is 1. The van der Waals surface area contributed by atoms with Crippen LogP contribution in [-0.2, 0) is 15.0 Å². The van der Waals surface area contributed by atoms with Crippen molar-refractivity contribution >= 4 is 34.7 Å². The van der Waals surface area contributed by atoms with Crippen molar-refractivity contribution in [2.75, 3.05) is 25.7 Å². The van der Waals surface area contributed by atoms with Crippen molar-refractivity contribution in [1.82, 2.24) is 0 Å². The summed E-state index contributed by atoms with van der Waals surface area (Å²) in [6.45, 7) is 8.62. The number of anilines is 1. The van der Waals surface area contributed by atoms with Crippen LogP contribution in [0.2, 0.25) is 5.02 Å². The highest BCUT2D eigenvalue weighted by Gasteiger charge is 2.47. The maximum atomic E-state index is 13.6. The summed E-state index contributed by atoms with van der Waals surface area (Å²) in [6.07, 6.45) is 0. The van der Waals surface area contributed by atoms with Crippen molar-refractivity contribution in [3.63, 3.8) is 0 Å². The minimum Gasteiger partial charge on any atom is -0.507 e. The summed E-state index contributed by atoms with van der Waals surface area (Å²) in [5.41, 5.74) is 2.20. The lowest BCUT2D eigenvalue weighted by atomic mass is 9.85. The smallest absolute Gasteiger partial charge is 0.300 e. The lowest BCUT2D eigenvalue weighted by Crippen LogP contribution is -2.29. The first kappa shape index (κ1) is 28.0. The molecule has 1 fully saturated rings. The molecule has 1 aliphatic heterocycles. The molecule has 0 radical (unpaired) electrons. The summed E-state index contributed by atoms with van der Waals surface area (Å²) in [5.74, 6) is -0.861. The van der Waals surface area contributed by atoms with E-state index in [1.54, 1.807) is 24.3 Å². The first-order valence-corrected chi connectivity index (χ1v) is 13.0. The van der Waals surface area contributed by atoms with Gasteiger partial charge in [-0.15, -0.1) is 0 Å². The van der Waals surface area contributed by atoms with E-state index in [1.165, 1.54) is 31.3 Å². The topological polar surface area (TPSA) is 85.3 Å². The van der Waals surface area contributed by atoms with E-state index < -0.39 is 23.5 Å². The van der Waals surface area contributed by atoms with Crippen LogP contribution in [0.15, 0.2) is 66.2 Å². The van der Waals surface area contributed by atoms with Crippen molar-refractivity contribution in [3.8, 4) is 17.2 Å². The Kier molecular flexibility index (Phi) is 7.93. The van der Waals surface area contributed by atoms with Crippen LogP contribution in [0.4, 0.5) is 5.69 Å². The normalized spacial score (nSPS) is 16.9. The number of methoxy groups -OCH3 is 2. The Labute approximate surface area is 233 Å². The van der Waals surface area contributed by atoms with Crippen LogP contribution in [0.25, 0.3) is 5.76 Å². The fourth-order valence-electron chi connectivity index (χ4n) is 4.66. The third-order valence-electron chi connectivity index (χ3n) is 6.67. The van der Waals surface area contributed by atoms with Crippen LogP contribution in [-0.4, -0.2) is 37.6 Å². The van der Waals surface area contributed by atoms with Crippen LogP contribution < -0.4 is 19.1 Å². The molecule has 1 unspecified atom stereocenters. The highest BCUT2D eigenvalue weighted by molar-refractivity contribution is 6.51. The van der Waals surface area contributed by atoms with E-state index in [1.807, 2.05) is 31.2 Å². The largest absolute Gasteiger partial charge is 0.507 e. The first-order valence-electron chi connectivity index (χ1n) is 12.6. The number of Topliss-reactive ketones (excluding diaryl/α,β-unsaturated/α-hetero) is 1. The molecule has 1 saturated heterocycles. The van der Waals surface area contributed by atoms with Gasteiger partial charge in [0, 0.05) is 17.8 Å². The molecule has 0 aromatic heterocycles. The number of carbonyl (C=O) groups is 2. The van der Waals surface area contributed by atoms with Crippen molar-refractivity contribution in [2.45, 2.75) is 39.2 Å². The highest BCUT2D eigenvalue weighted by Crippen LogP contribution is 2.45. The van der Waals surface area contributed by atoms with Gasteiger partial charge in [-0.05, 0) is 41.7 Å². The zero-order valence-corrected chi connectivity index (χ0v) is 23.6. The molecule has 4 rings (SSSR count). The number of ketones is 1. The number of amides is 1. The number of ether oxygens (including phenoxy) is 3. The second-order valence-electron chi connectivity index (χ2n) is 10.2. The van der Waals surface area contributed by atoms with E-state index in [-0.39, 0.29) is 27.3 Å². The molecule has 0 bridgehead atoms. The van der Waals surface area contributed by atoms with E-state index in [0.717, 1.165) is 5.56 Å². The van der Waals surface area contributed by atoms with Crippen LogP contribution in [0.1, 0.15) is 50.4 Å². The van der Waals surface area contributed by atoms with Gasteiger partial charge in [0.25, 0.3) is 11.7 Å². The summed E-state index contributed by atoms with van der Waals surface area (Å²) in [5, 5.41) is 11.8. The van der Waals surface area contributed by atoms with Crippen LogP contribution in [0.5, 0.6) is 17.2 Å². The highest BCUT2D eigenvalue weighted by atomic mass is 35.5. The summed E-state index contributed by atoms with van der Waals surface area (Å²) >= 11 is 6.37. The van der Waals surface area contributed by atoms with E-state index in [2.05, 4.69) is 20.8 Å². The third kappa shape index (κ3) is 5.32. The predicted molar refractivity (Wildman–Crippen MR) is 152 cm³/mol. The van der Waals surface area contributed by atoms with E-state index in [4.69, 9.17) is 25.8 Å². The second kappa shape index (κ2) is 11.0. The Morgan fingerprint density at radius 3 is 2.23 bits per heavy atom. The van der Waals surface area contributed by atoms with Crippen molar-refractivity contribution in [3.05, 3.63) is 87.9 Å². The fourth-order valence-corrected chi connectivity index (χ4v) is 4.90.